The lowest BCUT2D eigenvalue weighted by atomic mass is 10.1. The normalized spacial score (nSPS) is 19.5. The van der Waals surface area contributed by atoms with Gasteiger partial charge in [0.25, 0.3) is 5.91 Å². The smallest absolute Gasteiger partial charge is 0.254 e. The van der Waals surface area contributed by atoms with Gasteiger partial charge in [0.2, 0.25) is 0 Å². The van der Waals surface area contributed by atoms with Crippen LogP contribution in [0.2, 0.25) is 0 Å². The highest BCUT2D eigenvalue weighted by molar-refractivity contribution is 7.18. The molecule has 1 unspecified atom stereocenters. The average Bonchev–Trinajstić information content (AvgIpc) is 3.57. The van der Waals surface area contributed by atoms with Gasteiger partial charge in [-0.15, -0.1) is 11.3 Å². The van der Waals surface area contributed by atoms with Crippen molar-refractivity contribution in [2.24, 2.45) is 0 Å². The molecule has 2 fully saturated rings. The zero-order valence-corrected chi connectivity index (χ0v) is 18.1. The lowest BCUT2D eigenvalue weighted by molar-refractivity contribution is 0.0709. The van der Waals surface area contributed by atoms with Gasteiger partial charge in [-0.2, -0.15) is 0 Å². The molecule has 1 atom stereocenters. The van der Waals surface area contributed by atoms with Crippen LogP contribution in [0.5, 0.6) is 0 Å². The first-order chi connectivity index (χ1) is 14.8. The molecule has 0 radical (unpaired) electrons. The van der Waals surface area contributed by atoms with Crippen molar-refractivity contribution in [1.82, 2.24) is 9.80 Å². The van der Waals surface area contributed by atoms with Gasteiger partial charge < -0.3 is 9.80 Å². The van der Waals surface area contributed by atoms with E-state index in [0.29, 0.717) is 6.04 Å². The maximum atomic E-state index is 13.2. The number of carbonyl (C=O) groups excluding carboxylic acids is 1. The van der Waals surface area contributed by atoms with E-state index in [4.69, 9.17) is 0 Å². The van der Waals surface area contributed by atoms with Crippen LogP contribution in [0, 0.1) is 0 Å². The summed E-state index contributed by atoms with van der Waals surface area (Å²) in [6, 6.07) is 23.4. The van der Waals surface area contributed by atoms with Crippen molar-refractivity contribution in [2.75, 3.05) is 26.2 Å². The molecule has 154 valence electrons. The van der Waals surface area contributed by atoms with Gasteiger partial charge in [-0.3, -0.25) is 4.79 Å². The Bertz CT molecular complexity index is 989. The molecule has 0 N–H and O–H groups in total. The number of amides is 1. The van der Waals surface area contributed by atoms with Crippen molar-refractivity contribution in [3.63, 3.8) is 0 Å². The van der Waals surface area contributed by atoms with Crippen molar-refractivity contribution < 1.29 is 4.79 Å². The SMILES string of the molecule is O=C(c1ccc(-c2ccc(-c3ccccc3)s2)cc1)N1CCCC1CN1CCCC1. The van der Waals surface area contributed by atoms with E-state index >= 15 is 0 Å². The third kappa shape index (κ3) is 4.07. The van der Waals surface area contributed by atoms with Gasteiger partial charge in [0.1, 0.15) is 0 Å². The number of hydrogen-bond donors (Lipinski definition) is 0. The summed E-state index contributed by atoms with van der Waals surface area (Å²) < 4.78 is 0. The van der Waals surface area contributed by atoms with E-state index in [-0.39, 0.29) is 5.91 Å². The molecule has 3 aromatic rings. The molecule has 4 heteroatoms. The van der Waals surface area contributed by atoms with Crippen LogP contribution in [0.3, 0.4) is 0 Å². The van der Waals surface area contributed by atoms with E-state index in [9.17, 15) is 4.79 Å². The van der Waals surface area contributed by atoms with Crippen LogP contribution in [0.4, 0.5) is 0 Å². The maximum absolute atomic E-state index is 13.2. The molecule has 1 aromatic heterocycles. The summed E-state index contributed by atoms with van der Waals surface area (Å²) in [4.78, 5) is 20.3. The Morgan fingerprint density at radius 3 is 2.17 bits per heavy atom. The highest BCUT2D eigenvalue weighted by Crippen LogP contribution is 2.34. The second-order valence-electron chi connectivity index (χ2n) is 8.41. The Morgan fingerprint density at radius 1 is 0.800 bits per heavy atom. The number of thiophene rings is 1. The van der Waals surface area contributed by atoms with Crippen LogP contribution >= 0.6 is 11.3 Å². The van der Waals surface area contributed by atoms with Crippen molar-refractivity contribution in [1.29, 1.82) is 0 Å². The van der Waals surface area contributed by atoms with E-state index in [1.807, 2.05) is 18.2 Å². The zero-order chi connectivity index (χ0) is 20.3. The third-order valence-electron chi connectivity index (χ3n) is 6.39. The summed E-state index contributed by atoms with van der Waals surface area (Å²) in [7, 11) is 0. The Balaban J connectivity index is 1.29. The minimum atomic E-state index is 0.194. The molecule has 3 heterocycles. The van der Waals surface area contributed by atoms with E-state index in [1.54, 1.807) is 11.3 Å². The first-order valence-electron chi connectivity index (χ1n) is 11.1. The minimum absolute atomic E-state index is 0.194. The first kappa shape index (κ1) is 19.5. The Morgan fingerprint density at radius 2 is 1.47 bits per heavy atom. The predicted octanol–water partition coefficient (Wildman–Crippen LogP) is 5.78. The molecule has 2 aliphatic heterocycles. The predicted molar refractivity (Wildman–Crippen MR) is 125 cm³/mol. The van der Waals surface area contributed by atoms with Crippen LogP contribution in [0.1, 0.15) is 36.0 Å². The molecule has 0 saturated carbocycles. The van der Waals surface area contributed by atoms with Crippen LogP contribution in [-0.4, -0.2) is 47.9 Å². The fraction of sp³-hybridized carbons (Fsp3) is 0.346. The van der Waals surface area contributed by atoms with Gasteiger partial charge in [-0.1, -0.05) is 42.5 Å². The molecule has 1 amide bonds. The molecule has 30 heavy (non-hydrogen) atoms. The number of benzene rings is 2. The standard InChI is InChI=1S/C26H28N2OS/c29-26(28-18-6-9-23(28)19-27-16-4-5-17-27)22-12-10-21(11-13-22)25-15-14-24(30-25)20-7-2-1-3-8-20/h1-3,7-8,10-15,23H,4-6,9,16-19H2. The number of hydrogen-bond acceptors (Lipinski definition) is 3. The Hall–Kier alpha value is -2.43. The third-order valence-corrected chi connectivity index (χ3v) is 7.57. The number of rotatable bonds is 5. The largest absolute Gasteiger partial charge is 0.334 e. The van der Waals surface area contributed by atoms with Gasteiger partial charge in [0, 0.05) is 34.4 Å². The highest BCUT2D eigenvalue weighted by Gasteiger charge is 2.31. The van der Waals surface area contributed by atoms with Crippen molar-refractivity contribution >= 4 is 17.2 Å². The molecule has 0 aliphatic carbocycles. The van der Waals surface area contributed by atoms with Crippen LogP contribution in [0.25, 0.3) is 20.9 Å². The van der Waals surface area contributed by atoms with Crippen LogP contribution < -0.4 is 0 Å². The van der Waals surface area contributed by atoms with E-state index in [1.165, 1.54) is 46.8 Å². The molecule has 2 aliphatic rings. The van der Waals surface area contributed by atoms with Crippen molar-refractivity contribution in [3.05, 3.63) is 72.3 Å². The fourth-order valence-corrected chi connectivity index (χ4v) is 5.77. The molecule has 0 spiro atoms. The molecule has 0 bridgehead atoms. The topological polar surface area (TPSA) is 23.6 Å². The van der Waals surface area contributed by atoms with E-state index < -0.39 is 0 Å². The molecule has 2 saturated heterocycles. The number of nitrogens with zero attached hydrogens (tertiary/aromatic N) is 2. The van der Waals surface area contributed by atoms with E-state index in [2.05, 4.69) is 58.3 Å². The van der Waals surface area contributed by atoms with Crippen molar-refractivity contribution in [2.45, 2.75) is 31.7 Å². The average molecular weight is 417 g/mol. The maximum Gasteiger partial charge on any atom is 0.254 e. The summed E-state index contributed by atoms with van der Waals surface area (Å²) in [6.45, 7) is 4.32. The fourth-order valence-electron chi connectivity index (χ4n) is 4.75. The molecular formula is C26H28N2OS. The van der Waals surface area contributed by atoms with Crippen LogP contribution in [0.15, 0.2) is 66.7 Å². The summed E-state index contributed by atoms with van der Waals surface area (Å²) in [5, 5.41) is 0. The number of likely N-dealkylation sites (tertiary alicyclic amines) is 2. The summed E-state index contributed by atoms with van der Waals surface area (Å²) in [5.41, 5.74) is 3.24. The number of carbonyl (C=O) groups is 1. The first-order valence-corrected chi connectivity index (χ1v) is 11.9. The molecule has 2 aromatic carbocycles. The molecule has 3 nitrogen and oxygen atoms in total. The zero-order valence-electron chi connectivity index (χ0n) is 17.3. The van der Waals surface area contributed by atoms with Crippen LogP contribution in [-0.2, 0) is 0 Å². The quantitative estimate of drug-likeness (QED) is 0.526. The Labute approximate surface area is 183 Å². The lowest BCUT2D eigenvalue weighted by Gasteiger charge is -2.28. The Kier molecular flexibility index (Phi) is 5.69. The highest BCUT2D eigenvalue weighted by atomic mass is 32.1. The van der Waals surface area contributed by atoms with Gasteiger partial charge in [0.15, 0.2) is 0 Å². The second-order valence-corrected chi connectivity index (χ2v) is 9.49. The van der Waals surface area contributed by atoms with Crippen molar-refractivity contribution in [3.8, 4) is 20.9 Å². The monoisotopic (exact) mass is 416 g/mol. The lowest BCUT2D eigenvalue weighted by Crippen LogP contribution is -2.42. The van der Waals surface area contributed by atoms with Gasteiger partial charge >= 0.3 is 0 Å². The summed E-state index contributed by atoms with van der Waals surface area (Å²) in [6.07, 6.45) is 4.87. The second kappa shape index (κ2) is 8.75. The van der Waals surface area contributed by atoms with Gasteiger partial charge in [-0.05, 0) is 74.2 Å². The summed E-state index contributed by atoms with van der Waals surface area (Å²) >= 11 is 1.80. The van der Waals surface area contributed by atoms with Gasteiger partial charge in [0.05, 0.1) is 0 Å². The van der Waals surface area contributed by atoms with Gasteiger partial charge in [-0.25, -0.2) is 0 Å². The summed E-state index contributed by atoms with van der Waals surface area (Å²) in [5.74, 6) is 0.194. The minimum Gasteiger partial charge on any atom is -0.334 e. The van der Waals surface area contributed by atoms with E-state index in [0.717, 1.165) is 31.5 Å². The molecule has 5 rings (SSSR count). The molecular weight excluding hydrogens is 388 g/mol.